The topological polar surface area (TPSA) is 75.8 Å². The molecule has 2 aromatic rings. The normalized spacial score (nSPS) is 11.3. The molecule has 1 aromatic heterocycles. The summed E-state index contributed by atoms with van der Waals surface area (Å²) in [6.07, 6.45) is 0.569. The molecule has 2 rings (SSSR count). The van der Waals surface area contributed by atoms with E-state index in [1.54, 1.807) is 6.07 Å². The van der Waals surface area contributed by atoms with E-state index in [9.17, 15) is 4.39 Å². The molecule has 1 heterocycles. The van der Waals surface area contributed by atoms with Gasteiger partial charge in [-0.05, 0) is 24.6 Å². The molecule has 0 aliphatic heterocycles. The highest BCUT2D eigenvalue weighted by atomic mass is 127. The van der Waals surface area contributed by atoms with Gasteiger partial charge in [-0.3, -0.25) is 4.99 Å². The molecule has 9 heteroatoms. The fourth-order valence-electron chi connectivity index (χ4n) is 2.49. The molecule has 0 unspecified atom stereocenters. The third-order valence-corrected chi connectivity index (χ3v) is 3.92. The maximum absolute atomic E-state index is 13.9. The number of halogens is 2. The van der Waals surface area contributed by atoms with E-state index in [4.69, 9.17) is 9.26 Å². The number of rotatable bonds is 8. The van der Waals surface area contributed by atoms with Gasteiger partial charge in [0, 0.05) is 32.5 Å². The van der Waals surface area contributed by atoms with Crippen LogP contribution in [0.4, 0.5) is 4.39 Å². The first-order valence-corrected chi connectivity index (χ1v) is 9.08. The molecular formula is C19H29FIN5O2. The monoisotopic (exact) mass is 505 g/mol. The highest BCUT2D eigenvalue weighted by Gasteiger charge is 2.11. The average Bonchev–Trinajstić information content (AvgIpc) is 3.10. The quantitative estimate of drug-likeness (QED) is 0.336. The Hall–Kier alpha value is -1.91. The highest BCUT2D eigenvalue weighted by molar-refractivity contribution is 14.0. The van der Waals surface area contributed by atoms with Crippen molar-refractivity contribution in [1.82, 2.24) is 20.4 Å². The van der Waals surface area contributed by atoms with Gasteiger partial charge in [-0.2, -0.15) is 4.98 Å². The minimum absolute atomic E-state index is 0. The van der Waals surface area contributed by atoms with Gasteiger partial charge in [-0.25, -0.2) is 4.39 Å². The molecule has 0 amide bonds. The van der Waals surface area contributed by atoms with Crippen molar-refractivity contribution in [1.29, 1.82) is 0 Å². The van der Waals surface area contributed by atoms with Gasteiger partial charge in [0.05, 0.1) is 13.7 Å². The van der Waals surface area contributed by atoms with Crippen LogP contribution in [0.2, 0.25) is 0 Å². The first-order valence-electron chi connectivity index (χ1n) is 9.08. The van der Waals surface area contributed by atoms with Crippen molar-refractivity contribution in [3.63, 3.8) is 0 Å². The molecule has 1 aromatic carbocycles. The molecule has 7 nitrogen and oxygen atoms in total. The lowest BCUT2D eigenvalue weighted by Crippen LogP contribution is -2.38. The molecule has 0 saturated heterocycles. The van der Waals surface area contributed by atoms with E-state index in [-0.39, 0.29) is 41.5 Å². The van der Waals surface area contributed by atoms with Crippen molar-refractivity contribution in [2.75, 3.05) is 27.2 Å². The van der Waals surface area contributed by atoms with Crippen LogP contribution in [-0.2, 0) is 13.0 Å². The Morgan fingerprint density at radius 1 is 1.39 bits per heavy atom. The van der Waals surface area contributed by atoms with E-state index in [1.807, 2.05) is 38.8 Å². The van der Waals surface area contributed by atoms with Gasteiger partial charge in [0.25, 0.3) is 0 Å². The molecule has 156 valence electrons. The average molecular weight is 505 g/mol. The molecule has 0 saturated carbocycles. The van der Waals surface area contributed by atoms with Crippen LogP contribution in [-0.4, -0.2) is 48.2 Å². The maximum Gasteiger partial charge on any atom is 0.228 e. The first kappa shape index (κ1) is 24.1. The first-order chi connectivity index (χ1) is 12.9. The summed E-state index contributed by atoms with van der Waals surface area (Å²) in [6.45, 7) is 7.82. The van der Waals surface area contributed by atoms with Crippen LogP contribution >= 0.6 is 24.0 Å². The molecule has 0 aliphatic carbocycles. The summed E-state index contributed by atoms with van der Waals surface area (Å²) in [5.41, 5.74) is 0.833. The molecule has 0 fully saturated rings. The van der Waals surface area contributed by atoms with E-state index in [2.05, 4.69) is 20.4 Å². The molecule has 1 N–H and O–H groups in total. The lowest BCUT2D eigenvalue weighted by atomic mass is 10.2. The number of nitrogens with zero attached hydrogens (tertiary/aromatic N) is 4. The van der Waals surface area contributed by atoms with E-state index in [0.717, 1.165) is 18.1 Å². The fourth-order valence-corrected chi connectivity index (χ4v) is 2.49. The zero-order chi connectivity index (χ0) is 19.8. The van der Waals surface area contributed by atoms with Crippen LogP contribution in [0.5, 0.6) is 5.75 Å². The third kappa shape index (κ3) is 6.92. The molecule has 28 heavy (non-hydrogen) atoms. The molecule has 0 aliphatic rings. The van der Waals surface area contributed by atoms with Crippen molar-refractivity contribution < 1.29 is 13.7 Å². The Bertz CT molecular complexity index is 767. The summed E-state index contributed by atoms with van der Waals surface area (Å²) in [7, 11) is 3.36. The molecular weight excluding hydrogens is 476 g/mol. The van der Waals surface area contributed by atoms with Gasteiger partial charge < -0.3 is 19.5 Å². The number of ether oxygens (including phenoxy) is 1. The highest BCUT2D eigenvalue weighted by Crippen LogP contribution is 2.18. The van der Waals surface area contributed by atoms with Crippen LogP contribution in [0.1, 0.15) is 44.0 Å². The van der Waals surface area contributed by atoms with Crippen LogP contribution in [0.3, 0.4) is 0 Å². The lowest BCUT2D eigenvalue weighted by molar-refractivity contribution is 0.372. The summed E-state index contributed by atoms with van der Waals surface area (Å²) >= 11 is 0. The van der Waals surface area contributed by atoms with Crippen LogP contribution < -0.4 is 10.1 Å². The number of hydrogen-bond donors (Lipinski definition) is 1. The van der Waals surface area contributed by atoms with E-state index in [1.165, 1.54) is 13.2 Å². The fraction of sp³-hybridized carbons (Fsp3) is 0.526. The second-order valence-corrected chi connectivity index (χ2v) is 6.51. The predicted octanol–water partition coefficient (Wildman–Crippen LogP) is 3.60. The molecule has 0 spiro atoms. The number of methoxy groups -OCH3 is 1. The number of nitrogens with one attached hydrogen (secondary N) is 1. The van der Waals surface area contributed by atoms with E-state index in [0.29, 0.717) is 31.2 Å². The second kappa shape index (κ2) is 11.8. The predicted molar refractivity (Wildman–Crippen MR) is 118 cm³/mol. The number of benzene rings is 1. The number of aliphatic imine (C=N–C) groups is 1. The van der Waals surface area contributed by atoms with Crippen molar-refractivity contribution in [2.24, 2.45) is 4.99 Å². The van der Waals surface area contributed by atoms with Gasteiger partial charge in [0.1, 0.15) is 0 Å². The minimum Gasteiger partial charge on any atom is -0.494 e. The van der Waals surface area contributed by atoms with Gasteiger partial charge in [-0.15, -0.1) is 24.0 Å². The van der Waals surface area contributed by atoms with Crippen molar-refractivity contribution in [3.05, 3.63) is 41.3 Å². The summed E-state index contributed by atoms with van der Waals surface area (Å²) in [5.74, 6) is 2.12. The van der Waals surface area contributed by atoms with Crippen molar-refractivity contribution in [2.45, 2.75) is 39.7 Å². The Morgan fingerprint density at radius 2 is 2.14 bits per heavy atom. The van der Waals surface area contributed by atoms with E-state index >= 15 is 0 Å². The van der Waals surface area contributed by atoms with Gasteiger partial charge in [-0.1, -0.05) is 25.1 Å². The lowest BCUT2D eigenvalue weighted by Gasteiger charge is -2.22. The summed E-state index contributed by atoms with van der Waals surface area (Å²) in [5, 5.41) is 7.20. The summed E-state index contributed by atoms with van der Waals surface area (Å²) in [4.78, 5) is 10.9. The van der Waals surface area contributed by atoms with Crippen molar-refractivity contribution >= 4 is 29.9 Å². The zero-order valence-electron chi connectivity index (χ0n) is 17.0. The van der Waals surface area contributed by atoms with Crippen molar-refractivity contribution in [3.8, 4) is 5.75 Å². The number of hydrogen-bond acceptors (Lipinski definition) is 5. The Balaban J connectivity index is 0.00000392. The standard InChI is InChI=1S/C19H28FN5O2.HI/c1-6-21-19(22-10-9-17-23-18(13(2)3)24-27-17)25(4)12-14-7-8-16(26-5)15(20)11-14;/h7-8,11,13H,6,9-10,12H2,1-5H3,(H,21,22);1H. The second-order valence-electron chi connectivity index (χ2n) is 6.51. The van der Waals surface area contributed by atoms with Gasteiger partial charge >= 0.3 is 0 Å². The van der Waals surface area contributed by atoms with Crippen LogP contribution in [0.15, 0.2) is 27.7 Å². The summed E-state index contributed by atoms with van der Waals surface area (Å²) < 4.78 is 24.1. The molecule has 0 atom stereocenters. The Kier molecular flexibility index (Phi) is 10.2. The zero-order valence-corrected chi connectivity index (χ0v) is 19.4. The molecule has 0 bridgehead atoms. The number of aromatic nitrogens is 2. The third-order valence-electron chi connectivity index (χ3n) is 3.92. The van der Waals surface area contributed by atoms with Crippen LogP contribution in [0.25, 0.3) is 0 Å². The molecule has 0 radical (unpaired) electrons. The Morgan fingerprint density at radius 3 is 2.71 bits per heavy atom. The van der Waals surface area contributed by atoms with Crippen LogP contribution in [0, 0.1) is 5.82 Å². The largest absolute Gasteiger partial charge is 0.494 e. The van der Waals surface area contributed by atoms with E-state index < -0.39 is 0 Å². The number of guanidine groups is 1. The SMILES string of the molecule is CCNC(=NCCc1nc(C(C)C)no1)N(C)Cc1ccc(OC)c(F)c1.I. The Labute approximate surface area is 182 Å². The maximum atomic E-state index is 13.9. The van der Waals surface area contributed by atoms with Gasteiger partial charge in [0.15, 0.2) is 23.4 Å². The van der Waals surface area contributed by atoms with Gasteiger partial charge in [0.2, 0.25) is 5.89 Å². The minimum atomic E-state index is -0.373. The summed E-state index contributed by atoms with van der Waals surface area (Å²) in [6, 6.07) is 4.95. The smallest absolute Gasteiger partial charge is 0.228 e.